The van der Waals surface area contributed by atoms with E-state index in [1.807, 2.05) is 17.6 Å². The summed E-state index contributed by atoms with van der Waals surface area (Å²) < 4.78 is 84.2. The summed E-state index contributed by atoms with van der Waals surface area (Å²) in [5.74, 6) is -1.04. The first-order chi connectivity index (χ1) is 32.7. The Morgan fingerprint density at radius 1 is 0.912 bits per heavy atom. The van der Waals surface area contributed by atoms with E-state index in [2.05, 4.69) is 27.4 Å². The smallest absolute Gasteiger partial charge is 0.375 e. The van der Waals surface area contributed by atoms with Gasteiger partial charge in [-0.25, -0.2) is 31.5 Å². The first-order valence-corrected chi connectivity index (χ1v) is 24.8. The Morgan fingerprint density at radius 3 is 2.41 bits per heavy atom. The van der Waals surface area contributed by atoms with Gasteiger partial charge in [0.05, 0.1) is 51.3 Å². The number of piperidine rings is 1. The minimum Gasteiger partial charge on any atom is -0.375 e. The van der Waals surface area contributed by atoms with Crippen molar-refractivity contribution in [3.63, 3.8) is 0 Å². The molecule has 1 N–H and O–H groups in total. The number of aromatic amines is 1. The van der Waals surface area contributed by atoms with E-state index in [1.165, 1.54) is 33.8 Å². The van der Waals surface area contributed by atoms with Crippen molar-refractivity contribution >= 4 is 31.8 Å². The highest BCUT2D eigenvalue weighted by atomic mass is 32.2. The summed E-state index contributed by atoms with van der Waals surface area (Å²) in [6, 6.07) is 13.2. The van der Waals surface area contributed by atoms with Crippen LogP contribution in [0, 0.1) is 31.4 Å². The van der Waals surface area contributed by atoms with Gasteiger partial charge in [-0.2, -0.15) is 14.5 Å². The van der Waals surface area contributed by atoms with Crippen LogP contribution >= 0.6 is 0 Å². The molecule has 2 saturated carbocycles. The Bertz CT molecular complexity index is 3660. The summed E-state index contributed by atoms with van der Waals surface area (Å²) >= 11 is 0. The predicted molar refractivity (Wildman–Crippen MR) is 245 cm³/mol. The van der Waals surface area contributed by atoms with E-state index in [0.717, 1.165) is 36.6 Å². The van der Waals surface area contributed by atoms with Crippen LogP contribution in [0.15, 0.2) is 86.3 Å². The van der Waals surface area contributed by atoms with Crippen molar-refractivity contribution in [2.45, 2.75) is 113 Å². The lowest BCUT2D eigenvalue weighted by atomic mass is 9.85. The van der Waals surface area contributed by atoms with Crippen molar-refractivity contribution < 1.29 is 26.5 Å². The van der Waals surface area contributed by atoms with Crippen LogP contribution in [0.25, 0.3) is 39.0 Å². The Balaban J connectivity index is 0.997. The highest BCUT2D eigenvalue weighted by Crippen LogP contribution is 2.58. The Morgan fingerprint density at radius 2 is 1.68 bits per heavy atom. The van der Waals surface area contributed by atoms with E-state index in [0.29, 0.717) is 71.4 Å². The molecule has 68 heavy (non-hydrogen) atoms. The second kappa shape index (κ2) is 14.3. The van der Waals surface area contributed by atoms with E-state index in [9.17, 15) is 9.59 Å². The molecule has 2 bridgehead atoms. The molecule has 4 fully saturated rings. The first-order valence-electron chi connectivity index (χ1n) is 23.4. The number of benzene rings is 3. The molecule has 8 heterocycles. The third-order valence-corrected chi connectivity index (χ3v) is 17.8. The molecule has 8 aromatic rings. The Kier molecular flexibility index (Phi) is 8.78. The molecule has 5 atom stereocenters. The number of halogens is 2. The number of rotatable bonds is 8. The van der Waals surface area contributed by atoms with E-state index in [-0.39, 0.29) is 57.4 Å². The number of nitrogens with zero attached hydrogens (tertiary/aromatic N) is 9. The van der Waals surface area contributed by atoms with Crippen molar-refractivity contribution in [2.24, 2.45) is 13.0 Å². The maximum atomic E-state index is 16.3. The average molecular weight is 943 g/mol. The molecule has 0 amide bonds. The van der Waals surface area contributed by atoms with E-state index < -0.39 is 44.9 Å². The zero-order valence-electron chi connectivity index (χ0n) is 37.9. The van der Waals surface area contributed by atoms with Crippen LogP contribution in [0.2, 0.25) is 0 Å². The molecule has 5 aromatic heterocycles. The number of imidazole rings is 1. The van der Waals surface area contributed by atoms with Crippen molar-refractivity contribution in [3.05, 3.63) is 134 Å². The van der Waals surface area contributed by atoms with Crippen LogP contribution in [-0.4, -0.2) is 74.4 Å². The third kappa shape index (κ3) is 5.87. The Labute approximate surface area is 387 Å². The van der Waals surface area contributed by atoms with Gasteiger partial charge in [-0.05, 0) is 136 Å². The topological polar surface area (TPSA) is 173 Å². The molecule has 350 valence electrons. The first kappa shape index (κ1) is 41.7. The summed E-state index contributed by atoms with van der Waals surface area (Å²) in [6.07, 6.45) is 10.7. The van der Waals surface area contributed by atoms with Crippen LogP contribution in [-0.2, 0) is 33.8 Å². The molecule has 5 aliphatic rings. The van der Waals surface area contributed by atoms with Crippen molar-refractivity contribution in [1.82, 2.24) is 47.7 Å². The van der Waals surface area contributed by atoms with Crippen molar-refractivity contribution in [1.29, 1.82) is 0 Å². The van der Waals surface area contributed by atoms with Crippen molar-refractivity contribution in [3.8, 4) is 17.2 Å². The van der Waals surface area contributed by atoms with Gasteiger partial charge in [0, 0.05) is 49.5 Å². The van der Waals surface area contributed by atoms with E-state index in [4.69, 9.17) is 14.4 Å². The summed E-state index contributed by atoms with van der Waals surface area (Å²) in [7, 11) is -2.72. The van der Waals surface area contributed by atoms with Gasteiger partial charge in [0.15, 0.2) is 16.7 Å². The summed E-state index contributed by atoms with van der Waals surface area (Å²) in [5, 5.41) is 14.6. The van der Waals surface area contributed by atoms with Gasteiger partial charge < -0.3 is 9.30 Å². The zero-order valence-corrected chi connectivity index (χ0v) is 38.7. The Hall–Kier alpha value is -6.44. The average Bonchev–Trinajstić information content (AvgIpc) is 3.73. The summed E-state index contributed by atoms with van der Waals surface area (Å²) in [6.45, 7) is 6.00. The maximum Gasteiger partial charge on any atom is 0.438 e. The third-order valence-electron chi connectivity index (χ3n) is 15.8. The largest absolute Gasteiger partial charge is 0.438 e. The van der Waals surface area contributed by atoms with Crippen LogP contribution in [0.3, 0.4) is 0 Å². The van der Waals surface area contributed by atoms with Gasteiger partial charge in [0.1, 0.15) is 17.2 Å². The molecule has 3 aliphatic heterocycles. The number of aromatic nitrogens is 9. The van der Waals surface area contributed by atoms with Crippen LogP contribution < -0.4 is 11.4 Å². The molecule has 2 aliphatic carbocycles. The molecule has 19 heteroatoms. The fourth-order valence-corrected chi connectivity index (χ4v) is 14.3. The second-order valence-corrected chi connectivity index (χ2v) is 21.7. The van der Waals surface area contributed by atoms with Crippen LogP contribution in [0.1, 0.15) is 104 Å². The minimum atomic E-state index is -4.43. The number of fused-ring (bicyclic) bond motifs is 6. The van der Waals surface area contributed by atoms with Gasteiger partial charge in [-0.15, -0.1) is 0 Å². The van der Waals surface area contributed by atoms with Crippen LogP contribution in [0.4, 0.5) is 8.78 Å². The fraction of sp³-hybridized carbons (Fsp3) is 0.408. The number of sulfonamides is 1. The normalized spacial score (nSPS) is 24.3. The van der Waals surface area contributed by atoms with E-state index >= 15 is 17.2 Å². The fourth-order valence-electron chi connectivity index (χ4n) is 12.2. The number of H-pyrrole nitrogens is 1. The highest BCUT2D eigenvalue weighted by Gasteiger charge is 2.60. The summed E-state index contributed by atoms with van der Waals surface area (Å²) in [5.41, 5.74) is 3.08. The highest BCUT2D eigenvalue weighted by molar-refractivity contribution is 7.89. The summed E-state index contributed by atoms with van der Waals surface area (Å²) in [4.78, 5) is 30.2. The molecule has 13 rings (SSSR count). The number of hydrogen-bond acceptors (Lipinski definition) is 9. The van der Waals surface area contributed by atoms with Gasteiger partial charge in [0.2, 0.25) is 0 Å². The molecule has 0 unspecified atom stereocenters. The minimum absolute atomic E-state index is 0.0149. The quantitative estimate of drug-likeness (QED) is 0.164. The predicted octanol–water partition coefficient (Wildman–Crippen LogP) is 7.28. The lowest BCUT2D eigenvalue weighted by molar-refractivity contribution is -0.0132. The zero-order chi connectivity index (χ0) is 46.8. The van der Waals surface area contributed by atoms with Gasteiger partial charge in [0.25, 0.3) is 10.0 Å². The molecule has 1 spiro atoms. The van der Waals surface area contributed by atoms with Gasteiger partial charge in [-0.3, -0.25) is 23.3 Å². The number of ether oxygens (including phenoxy) is 1. The molecule has 2 saturated heterocycles. The lowest BCUT2D eigenvalue weighted by Crippen LogP contribution is -2.50. The SMILES string of the molecule is Cc1cc(-n2nc3c(c2-n2ccn(-c4ccc5c(cnn5C)c4F)c2=O)[C@@H]2CCC[C@H](C3)N2S(=O)(=O)c2cc3cc([C@H]4CCOC5(CC5)C4)ccc3n2[C@@]2(c3noc(=O)[nH]3)C[C@@H]2C)cc(C)c1F. The maximum absolute atomic E-state index is 16.3. The number of hydrogen-bond donors (Lipinski definition) is 1. The standard InChI is InChI=1S/C49H48F2N10O6S/c1-26-18-33(19-27(2)42(26)50)60-44(58-16-15-57(47(58)63)39-11-10-37-34(43(39)51)25-52-56(37)4)41-35(54-60)22-32-6-5-7-38(41)61(32)68(64,65)40-21-31-20-29(30-12-17-66-48(24-30)13-14-48)8-9-36(31)59(40)49(23-28(49)3)45-53-46(62)67-55-45/h8-11,15-16,18-21,25,28,30,32,38H,5-7,12-14,17,22-24H2,1-4H3,(H,53,55,62)/t28-,30-,32+,38-,49-/m0/s1. The lowest BCUT2D eigenvalue weighted by Gasteiger charge is -2.44. The monoisotopic (exact) mass is 942 g/mol. The molecular formula is C49H48F2N10O6S. The van der Waals surface area contributed by atoms with Crippen LogP contribution in [0.5, 0.6) is 0 Å². The number of nitrogens with one attached hydrogen (secondary N) is 1. The van der Waals surface area contributed by atoms with E-state index in [1.54, 1.807) is 58.8 Å². The van der Waals surface area contributed by atoms with Gasteiger partial charge in [-0.1, -0.05) is 18.1 Å². The van der Waals surface area contributed by atoms with Gasteiger partial charge >= 0.3 is 11.4 Å². The second-order valence-electron chi connectivity index (χ2n) is 19.9. The molecule has 0 radical (unpaired) electrons. The molecule has 16 nitrogen and oxygen atoms in total. The molecular weight excluding hydrogens is 895 g/mol. The number of aryl methyl sites for hydroxylation is 3. The molecule has 3 aromatic carbocycles. The van der Waals surface area contributed by atoms with Crippen molar-refractivity contribution in [2.75, 3.05) is 6.61 Å².